The van der Waals surface area contributed by atoms with Gasteiger partial charge in [0.05, 0.1) is 17.9 Å². The number of aromatic hydroxyl groups is 1. The molecule has 0 saturated carbocycles. The summed E-state index contributed by atoms with van der Waals surface area (Å²) in [6.07, 6.45) is 0. The van der Waals surface area contributed by atoms with Crippen LogP contribution < -0.4 is 0 Å². The van der Waals surface area contributed by atoms with Crippen molar-refractivity contribution in [3.8, 4) is 22.6 Å². The highest BCUT2D eigenvalue weighted by atomic mass is 16.5. The Hall–Kier alpha value is -4.27. The number of hydrogen-bond acceptors (Lipinski definition) is 7. The molecule has 0 aliphatic heterocycles. The topological polar surface area (TPSA) is 118 Å². The lowest BCUT2D eigenvalue weighted by Gasteiger charge is -2.04. The number of carbonyl (C=O) groups excluding carboxylic acids is 1. The molecule has 0 atom stereocenters. The first-order valence-electron chi connectivity index (χ1n) is 10.1. The predicted octanol–water partition coefficient (Wildman–Crippen LogP) is 5.18. The van der Waals surface area contributed by atoms with Crippen LogP contribution in [0.3, 0.4) is 0 Å². The molecule has 162 valence electrons. The van der Waals surface area contributed by atoms with Crippen LogP contribution in [-0.2, 0) is 4.74 Å². The Bertz CT molecular complexity index is 1270. The molecule has 0 spiro atoms. The maximum absolute atomic E-state index is 12.3. The predicted molar refractivity (Wildman–Crippen MR) is 119 cm³/mol. The molecule has 2 N–H and O–H groups in total. The van der Waals surface area contributed by atoms with E-state index in [4.69, 9.17) is 4.74 Å². The summed E-state index contributed by atoms with van der Waals surface area (Å²) in [5, 5.41) is 30.6. The smallest absolute Gasteiger partial charge is 0.362 e. The number of rotatable bonds is 6. The lowest BCUT2D eigenvalue weighted by Crippen LogP contribution is -2.06. The molecule has 2 aromatic carbocycles. The van der Waals surface area contributed by atoms with Gasteiger partial charge in [-0.25, -0.2) is 9.48 Å². The SMILES string of the molecule is CCOC(=O)c1nn(-c2ccc(C)cc2)c(N=Nc2n[nH]c(C)c2-c2ccccc2)c1O. The molecule has 0 aliphatic rings. The van der Waals surface area contributed by atoms with E-state index in [0.717, 1.165) is 22.4 Å². The molecule has 0 radical (unpaired) electrons. The molecule has 0 amide bonds. The Morgan fingerprint density at radius 3 is 2.50 bits per heavy atom. The number of nitrogens with zero attached hydrogens (tertiary/aromatic N) is 5. The second-order valence-electron chi connectivity index (χ2n) is 7.10. The van der Waals surface area contributed by atoms with E-state index >= 15 is 0 Å². The summed E-state index contributed by atoms with van der Waals surface area (Å²) in [6.45, 7) is 5.68. The summed E-state index contributed by atoms with van der Waals surface area (Å²) >= 11 is 0. The zero-order chi connectivity index (χ0) is 22.7. The molecule has 9 heteroatoms. The standard InChI is InChI=1S/C23H22N6O3/c1-4-32-23(31)19-20(30)22(29(28-19)17-12-10-14(2)11-13-17)27-26-21-18(15(3)24-25-21)16-8-6-5-7-9-16/h5-13,30H,4H2,1-3H3,(H,24,25). The summed E-state index contributed by atoms with van der Waals surface area (Å²) in [6, 6.07) is 17.1. The maximum atomic E-state index is 12.3. The van der Waals surface area contributed by atoms with Crippen LogP contribution in [0.15, 0.2) is 64.8 Å². The van der Waals surface area contributed by atoms with Gasteiger partial charge in [0.25, 0.3) is 0 Å². The monoisotopic (exact) mass is 430 g/mol. The second kappa shape index (κ2) is 8.84. The molecule has 4 rings (SSSR count). The van der Waals surface area contributed by atoms with Crippen LogP contribution in [0.2, 0.25) is 0 Å². The fraction of sp³-hybridized carbons (Fsp3) is 0.174. The van der Waals surface area contributed by atoms with Gasteiger partial charge in [0.1, 0.15) is 0 Å². The van der Waals surface area contributed by atoms with Gasteiger partial charge in [0.2, 0.25) is 17.3 Å². The first-order chi connectivity index (χ1) is 15.5. The molecule has 0 saturated heterocycles. The maximum Gasteiger partial charge on any atom is 0.362 e. The van der Waals surface area contributed by atoms with Gasteiger partial charge in [-0.15, -0.1) is 10.2 Å². The summed E-state index contributed by atoms with van der Waals surface area (Å²) in [5.74, 6) is -0.812. The van der Waals surface area contributed by atoms with Gasteiger partial charge >= 0.3 is 5.97 Å². The first-order valence-corrected chi connectivity index (χ1v) is 10.1. The number of aryl methyl sites for hydroxylation is 2. The fourth-order valence-electron chi connectivity index (χ4n) is 3.23. The van der Waals surface area contributed by atoms with Crippen LogP contribution in [0.1, 0.15) is 28.7 Å². The van der Waals surface area contributed by atoms with Crippen molar-refractivity contribution in [3.63, 3.8) is 0 Å². The van der Waals surface area contributed by atoms with Crippen LogP contribution in [0, 0.1) is 13.8 Å². The number of aromatic nitrogens is 4. The van der Waals surface area contributed by atoms with Crippen LogP contribution in [0.25, 0.3) is 16.8 Å². The number of ether oxygens (including phenoxy) is 1. The molecule has 2 heterocycles. The second-order valence-corrected chi connectivity index (χ2v) is 7.10. The van der Waals surface area contributed by atoms with Crippen molar-refractivity contribution >= 4 is 17.6 Å². The molecule has 0 aliphatic carbocycles. The van der Waals surface area contributed by atoms with E-state index in [1.165, 1.54) is 4.68 Å². The Morgan fingerprint density at radius 2 is 1.81 bits per heavy atom. The third-order valence-corrected chi connectivity index (χ3v) is 4.81. The van der Waals surface area contributed by atoms with Crippen molar-refractivity contribution in [1.82, 2.24) is 20.0 Å². The van der Waals surface area contributed by atoms with E-state index in [0.29, 0.717) is 11.5 Å². The van der Waals surface area contributed by atoms with Crippen molar-refractivity contribution < 1.29 is 14.6 Å². The zero-order valence-corrected chi connectivity index (χ0v) is 17.9. The van der Waals surface area contributed by atoms with E-state index in [1.807, 2.05) is 68.4 Å². The summed E-state index contributed by atoms with van der Waals surface area (Å²) in [7, 11) is 0. The molecule has 9 nitrogen and oxygen atoms in total. The third-order valence-electron chi connectivity index (χ3n) is 4.81. The number of carbonyl (C=O) groups is 1. The van der Waals surface area contributed by atoms with Crippen LogP contribution in [-0.4, -0.2) is 37.7 Å². The number of H-pyrrole nitrogens is 1. The quantitative estimate of drug-likeness (QED) is 0.323. The molecular formula is C23H22N6O3. The van der Waals surface area contributed by atoms with Gasteiger partial charge in [-0.3, -0.25) is 5.10 Å². The fourth-order valence-corrected chi connectivity index (χ4v) is 3.23. The van der Waals surface area contributed by atoms with Gasteiger partial charge < -0.3 is 9.84 Å². The Morgan fingerprint density at radius 1 is 1.09 bits per heavy atom. The van der Waals surface area contributed by atoms with Gasteiger partial charge in [-0.1, -0.05) is 48.0 Å². The molecular weight excluding hydrogens is 408 g/mol. The minimum Gasteiger partial charge on any atom is -0.502 e. The molecule has 32 heavy (non-hydrogen) atoms. The van der Waals surface area contributed by atoms with Crippen LogP contribution in [0.4, 0.5) is 11.6 Å². The third kappa shape index (κ3) is 4.00. The van der Waals surface area contributed by atoms with E-state index in [9.17, 15) is 9.90 Å². The molecule has 0 bridgehead atoms. The van der Waals surface area contributed by atoms with Crippen molar-refractivity contribution in [1.29, 1.82) is 0 Å². The number of nitrogens with one attached hydrogen (secondary N) is 1. The lowest BCUT2D eigenvalue weighted by atomic mass is 10.1. The van der Waals surface area contributed by atoms with E-state index in [1.54, 1.807) is 6.92 Å². The minimum absolute atomic E-state index is 0.00318. The highest BCUT2D eigenvalue weighted by Gasteiger charge is 2.25. The Labute approximate surface area is 184 Å². The highest BCUT2D eigenvalue weighted by molar-refractivity contribution is 5.92. The Balaban J connectivity index is 1.81. The van der Waals surface area contributed by atoms with Gasteiger partial charge in [-0.2, -0.15) is 10.2 Å². The minimum atomic E-state index is -0.743. The summed E-state index contributed by atoms with van der Waals surface area (Å²) in [4.78, 5) is 12.3. The number of esters is 1. The first kappa shape index (κ1) is 21.0. The van der Waals surface area contributed by atoms with E-state index < -0.39 is 11.7 Å². The van der Waals surface area contributed by atoms with Crippen LogP contribution >= 0.6 is 0 Å². The van der Waals surface area contributed by atoms with Crippen molar-refractivity contribution in [2.24, 2.45) is 10.2 Å². The highest BCUT2D eigenvalue weighted by Crippen LogP contribution is 2.37. The average Bonchev–Trinajstić information content (AvgIpc) is 3.33. The molecule has 0 fully saturated rings. The van der Waals surface area contributed by atoms with Gasteiger partial charge in [0.15, 0.2) is 5.75 Å². The van der Waals surface area contributed by atoms with E-state index in [2.05, 4.69) is 25.5 Å². The molecule has 2 aromatic heterocycles. The number of azo groups is 1. The number of hydrogen-bond donors (Lipinski definition) is 2. The van der Waals surface area contributed by atoms with Crippen molar-refractivity contribution in [2.45, 2.75) is 20.8 Å². The van der Waals surface area contributed by atoms with E-state index in [-0.39, 0.29) is 18.1 Å². The zero-order valence-electron chi connectivity index (χ0n) is 17.9. The number of aromatic amines is 1. The molecule has 4 aromatic rings. The summed E-state index contributed by atoms with van der Waals surface area (Å²) in [5.41, 5.74) is 3.98. The molecule has 0 unspecified atom stereocenters. The largest absolute Gasteiger partial charge is 0.502 e. The summed E-state index contributed by atoms with van der Waals surface area (Å²) < 4.78 is 6.36. The normalized spacial score (nSPS) is 11.2. The van der Waals surface area contributed by atoms with Gasteiger partial charge in [0, 0.05) is 5.69 Å². The average molecular weight is 430 g/mol. The van der Waals surface area contributed by atoms with Crippen LogP contribution in [0.5, 0.6) is 5.75 Å². The van der Waals surface area contributed by atoms with Gasteiger partial charge in [-0.05, 0) is 38.5 Å². The van der Waals surface area contributed by atoms with Crippen molar-refractivity contribution in [3.05, 3.63) is 71.5 Å². The number of benzene rings is 2. The Kier molecular flexibility index (Phi) is 5.80. The lowest BCUT2D eigenvalue weighted by molar-refractivity contribution is 0.0515. The van der Waals surface area contributed by atoms with Crippen molar-refractivity contribution in [2.75, 3.05) is 6.61 Å².